The lowest BCUT2D eigenvalue weighted by molar-refractivity contribution is -0.146. The zero-order chi connectivity index (χ0) is 37.5. The fraction of sp³-hybridized carbons (Fsp3) is 0.500. The number of amides is 4. The predicted molar refractivity (Wildman–Crippen MR) is 204 cm³/mol. The summed E-state index contributed by atoms with van der Waals surface area (Å²) in [6, 6.07) is 19.2. The van der Waals surface area contributed by atoms with Crippen LogP contribution in [0.3, 0.4) is 0 Å². The summed E-state index contributed by atoms with van der Waals surface area (Å²) in [5.74, 6) is -2.49. The maximum Gasteiger partial charge on any atom is 0.408 e. The highest BCUT2D eigenvalue weighted by Crippen LogP contribution is 2.41. The van der Waals surface area contributed by atoms with Gasteiger partial charge in [-0.25, -0.2) is 4.79 Å². The van der Waals surface area contributed by atoms with Crippen molar-refractivity contribution in [3.05, 3.63) is 82.9 Å². The highest BCUT2D eigenvalue weighted by molar-refractivity contribution is 6.38. The maximum atomic E-state index is 14.3. The van der Waals surface area contributed by atoms with Crippen LogP contribution in [0.4, 0.5) is 4.79 Å². The van der Waals surface area contributed by atoms with Gasteiger partial charge in [0.2, 0.25) is 17.6 Å². The van der Waals surface area contributed by atoms with Crippen LogP contribution in [0.15, 0.2) is 66.7 Å². The van der Waals surface area contributed by atoms with Gasteiger partial charge in [0.1, 0.15) is 12.1 Å². The molecule has 2 heterocycles. The molecule has 1 aliphatic carbocycles. The van der Waals surface area contributed by atoms with E-state index in [1.54, 1.807) is 6.07 Å². The first-order chi connectivity index (χ1) is 25.5. The van der Waals surface area contributed by atoms with Gasteiger partial charge in [-0.15, -0.1) is 0 Å². The predicted octanol–water partition coefficient (Wildman–Crippen LogP) is 6.78. The van der Waals surface area contributed by atoms with Gasteiger partial charge >= 0.3 is 6.09 Å². The maximum absolute atomic E-state index is 14.3. The molecule has 1 saturated carbocycles. The van der Waals surface area contributed by atoms with Crippen molar-refractivity contribution in [3.63, 3.8) is 0 Å². The molecule has 11 heteroatoms. The van der Waals surface area contributed by atoms with Gasteiger partial charge < -0.3 is 25.6 Å². The number of hydrogen-bond donors (Lipinski definition) is 3. The van der Waals surface area contributed by atoms with Gasteiger partial charge in [0, 0.05) is 36.0 Å². The summed E-state index contributed by atoms with van der Waals surface area (Å²) < 4.78 is 6.34. The lowest BCUT2D eigenvalue weighted by atomic mass is 9.76. The Bertz CT molecular complexity index is 1820. The summed E-state index contributed by atoms with van der Waals surface area (Å²) in [4.78, 5) is 69.4. The second-order valence-corrected chi connectivity index (χ2v) is 15.9. The van der Waals surface area contributed by atoms with E-state index in [1.807, 2.05) is 74.5 Å². The molecule has 2 aliphatic heterocycles. The number of rotatable bonds is 13. The van der Waals surface area contributed by atoms with Crippen molar-refractivity contribution in [1.82, 2.24) is 20.9 Å². The molecule has 3 N–H and O–H groups in total. The molecule has 4 atom stereocenters. The van der Waals surface area contributed by atoms with Crippen molar-refractivity contribution in [3.8, 4) is 0 Å². The largest absolute Gasteiger partial charge is 0.440 e. The number of benzene rings is 3. The third-order valence-corrected chi connectivity index (χ3v) is 11.6. The van der Waals surface area contributed by atoms with Crippen LogP contribution >= 0.6 is 11.6 Å². The minimum atomic E-state index is -1.21. The number of ether oxygens (including phenoxy) is 1. The number of likely N-dealkylation sites (tertiary alicyclic amines) is 1. The number of halogens is 1. The minimum absolute atomic E-state index is 0.00838. The first kappa shape index (κ1) is 38.3. The van der Waals surface area contributed by atoms with Crippen LogP contribution in [0.25, 0.3) is 10.8 Å². The van der Waals surface area contributed by atoms with Crippen molar-refractivity contribution >= 4 is 52.0 Å². The Morgan fingerprint density at radius 1 is 0.849 bits per heavy atom. The zero-order valence-electron chi connectivity index (χ0n) is 30.7. The number of hydrogen-bond acceptors (Lipinski definition) is 6. The number of carbonyl (C=O) groups is 5. The van der Waals surface area contributed by atoms with E-state index in [9.17, 15) is 24.0 Å². The van der Waals surface area contributed by atoms with E-state index in [4.69, 9.17) is 16.3 Å². The lowest BCUT2D eigenvalue weighted by Gasteiger charge is -2.35. The average Bonchev–Trinajstić information content (AvgIpc) is 3.85. The Hall–Kier alpha value is -4.44. The molecule has 53 heavy (non-hydrogen) atoms. The molecule has 0 radical (unpaired) electrons. The molecule has 10 nitrogen and oxygen atoms in total. The Labute approximate surface area is 316 Å². The van der Waals surface area contributed by atoms with Gasteiger partial charge in [-0.1, -0.05) is 106 Å². The van der Waals surface area contributed by atoms with E-state index in [1.165, 1.54) is 4.90 Å². The molecule has 3 fully saturated rings. The zero-order valence-corrected chi connectivity index (χ0v) is 31.5. The summed E-state index contributed by atoms with van der Waals surface area (Å²) in [5, 5.41) is 11.1. The summed E-state index contributed by atoms with van der Waals surface area (Å²) in [6.45, 7) is 5.42. The van der Waals surface area contributed by atoms with Crippen LogP contribution in [-0.4, -0.2) is 66.2 Å². The Kier molecular flexibility index (Phi) is 12.4. The van der Waals surface area contributed by atoms with E-state index >= 15 is 0 Å². The molecule has 3 aromatic carbocycles. The van der Waals surface area contributed by atoms with E-state index in [2.05, 4.69) is 16.0 Å². The molecule has 3 aliphatic rings. The van der Waals surface area contributed by atoms with Gasteiger partial charge in [-0.05, 0) is 78.1 Å². The number of nitrogens with one attached hydrogen (secondary N) is 3. The summed E-state index contributed by atoms with van der Waals surface area (Å²) in [7, 11) is 0. The van der Waals surface area contributed by atoms with Crippen LogP contribution in [0, 0.1) is 11.8 Å². The number of carbonyl (C=O) groups excluding carboxylic acids is 5. The molecule has 6 rings (SSSR count). The summed E-state index contributed by atoms with van der Waals surface area (Å²) in [6.07, 6.45) is 5.94. The third kappa shape index (κ3) is 9.39. The second kappa shape index (κ2) is 17.1. The number of nitrogens with zero attached hydrogens (tertiary/aromatic N) is 1. The summed E-state index contributed by atoms with van der Waals surface area (Å²) in [5.41, 5.74) is 0.895. The average molecular weight is 743 g/mol. The van der Waals surface area contributed by atoms with Gasteiger partial charge in [0.15, 0.2) is 0 Å². The van der Waals surface area contributed by atoms with Crippen molar-refractivity contribution in [1.29, 1.82) is 0 Å². The summed E-state index contributed by atoms with van der Waals surface area (Å²) >= 11 is 6.43. The van der Waals surface area contributed by atoms with Gasteiger partial charge in [0.05, 0.1) is 6.04 Å². The van der Waals surface area contributed by atoms with Crippen LogP contribution < -0.4 is 16.0 Å². The molecule has 4 amide bonds. The van der Waals surface area contributed by atoms with Gasteiger partial charge in [-0.2, -0.15) is 0 Å². The van der Waals surface area contributed by atoms with Crippen LogP contribution in [0.5, 0.6) is 0 Å². The fourth-order valence-electron chi connectivity index (χ4n) is 8.20. The normalized spacial score (nSPS) is 19.6. The quantitative estimate of drug-likeness (QED) is 0.166. The van der Waals surface area contributed by atoms with Crippen LogP contribution in [-0.2, 0) is 29.3 Å². The highest BCUT2D eigenvalue weighted by Gasteiger charge is 2.40. The van der Waals surface area contributed by atoms with Crippen LogP contribution in [0.2, 0.25) is 5.02 Å². The van der Waals surface area contributed by atoms with Gasteiger partial charge in [-0.3, -0.25) is 19.2 Å². The van der Waals surface area contributed by atoms with Crippen molar-refractivity contribution in [2.75, 3.05) is 19.6 Å². The van der Waals surface area contributed by atoms with Crippen molar-refractivity contribution < 1.29 is 28.7 Å². The minimum Gasteiger partial charge on any atom is -0.440 e. The molecule has 0 aromatic heterocycles. The number of ketones is 1. The smallest absolute Gasteiger partial charge is 0.408 e. The molecular formula is C42H51ClN4O6. The SMILES string of the molecule is CC(C)(c1cccc(Cl)c1)C(OC(=O)N[C@@H](CC1CCCCC1)C(=O)N[C@@H](C[C@@H]1CCNC1=O)C(=O)C(=O)N1CCCC1)c1ccc2ccccc2c1. The lowest BCUT2D eigenvalue weighted by Crippen LogP contribution is -2.55. The second-order valence-electron chi connectivity index (χ2n) is 15.5. The Balaban J connectivity index is 1.27. The monoisotopic (exact) mass is 742 g/mol. The van der Waals surface area contributed by atoms with E-state index in [-0.39, 0.29) is 18.2 Å². The van der Waals surface area contributed by atoms with Gasteiger partial charge in [0.25, 0.3) is 5.91 Å². The topological polar surface area (TPSA) is 134 Å². The van der Waals surface area contributed by atoms with Crippen LogP contribution in [0.1, 0.15) is 95.3 Å². The number of fused-ring (bicyclic) bond motifs is 1. The number of Topliss-reactive ketones (excluding diaryl/α,β-unsaturated/α-hetero) is 1. The highest BCUT2D eigenvalue weighted by atomic mass is 35.5. The van der Waals surface area contributed by atoms with E-state index in [0.29, 0.717) is 37.5 Å². The first-order valence-electron chi connectivity index (χ1n) is 19.1. The molecule has 1 unspecified atom stereocenters. The molecular weight excluding hydrogens is 692 g/mol. The molecule has 0 bridgehead atoms. The first-order valence-corrected chi connectivity index (χ1v) is 19.5. The van der Waals surface area contributed by atoms with Crippen molar-refractivity contribution in [2.45, 2.75) is 102 Å². The fourth-order valence-corrected chi connectivity index (χ4v) is 8.39. The molecule has 0 spiro atoms. The standard InChI is InChI=1S/C42H51ClN4O6/c1-42(2,32-15-10-16-33(43)26-32)37(30-18-17-28-13-6-7-14-29(28)24-30)53-41(52)46-35(23-27-11-4-3-5-12-27)39(50)45-34(25-31-19-20-44-38(31)49)36(48)40(51)47-21-8-9-22-47/h6-7,10,13-18,24,26-27,31,34-35,37H,3-5,8-9,11-12,19-23,25H2,1-2H3,(H,44,49)(H,45,50)(H,46,52)/t31-,34-,35-,37?/m0/s1. The molecule has 2 saturated heterocycles. The van der Waals surface area contributed by atoms with Crippen molar-refractivity contribution in [2.24, 2.45) is 11.8 Å². The van der Waals surface area contributed by atoms with E-state index in [0.717, 1.165) is 66.8 Å². The third-order valence-electron chi connectivity index (χ3n) is 11.3. The number of alkyl carbamates (subject to hydrolysis) is 1. The Morgan fingerprint density at radius 3 is 2.28 bits per heavy atom. The molecule has 282 valence electrons. The Morgan fingerprint density at radius 2 is 1.58 bits per heavy atom. The molecule has 3 aromatic rings. The van der Waals surface area contributed by atoms with E-state index < -0.39 is 53.2 Å².